The Hall–Kier alpha value is -1.31. The van der Waals surface area contributed by atoms with Crippen LogP contribution in [0.2, 0.25) is 5.02 Å². The van der Waals surface area contributed by atoms with E-state index in [2.05, 4.69) is 51.1 Å². The van der Waals surface area contributed by atoms with Crippen molar-refractivity contribution >= 4 is 11.6 Å². The number of aryl methyl sites for hydroxylation is 3. The van der Waals surface area contributed by atoms with E-state index in [1.807, 2.05) is 6.07 Å². The molecule has 2 aromatic rings. The minimum absolute atomic E-state index is 0.169. The highest BCUT2D eigenvalue weighted by molar-refractivity contribution is 6.31. The van der Waals surface area contributed by atoms with Gasteiger partial charge in [-0.25, -0.2) is 0 Å². The topological polar surface area (TPSA) is 26.0 Å². The van der Waals surface area contributed by atoms with E-state index in [0.29, 0.717) is 0 Å². The molecule has 0 spiro atoms. The summed E-state index contributed by atoms with van der Waals surface area (Å²) in [5, 5.41) is 0.742. The molecule has 2 rings (SSSR count). The van der Waals surface area contributed by atoms with Gasteiger partial charge in [0.2, 0.25) is 0 Å². The van der Waals surface area contributed by atoms with Crippen LogP contribution in [-0.4, -0.2) is 0 Å². The average Bonchev–Trinajstić information content (AvgIpc) is 2.34. The van der Waals surface area contributed by atoms with Crippen LogP contribution in [0.4, 0.5) is 0 Å². The van der Waals surface area contributed by atoms with E-state index in [-0.39, 0.29) is 6.04 Å². The number of benzene rings is 2. The quantitative estimate of drug-likeness (QED) is 0.854. The Bertz CT molecular complexity index is 558. The van der Waals surface area contributed by atoms with E-state index in [1.165, 1.54) is 16.7 Å². The van der Waals surface area contributed by atoms with Gasteiger partial charge in [0.05, 0.1) is 6.04 Å². The van der Waals surface area contributed by atoms with E-state index < -0.39 is 0 Å². The van der Waals surface area contributed by atoms with Gasteiger partial charge in [-0.3, -0.25) is 0 Å². The molecule has 1 atom stereocenters. The third kappa shape index (κ3) is 2.58. The zero-order valence-corrected chi connectivity index (χ0v) is 11.8. The fourth-order valence-corrected chi connectivity index (χ4v) is 2.33. The minimum Gasteiger partial charge on any atom is -0.320 e. The van der Waals surface area contributed by atoms with Crippen LogP contribution in [0.15, 0.2) is 36.4 Å². The number of rotatable bonds is 2. The maximum Gasteiger partial charge on any atom is 0.0566 e. The molecule has 0 bridgehead atoms. The van der Waals surface area contributed by atoms with Gasteiger partial charge < -0.3 is 5.73 Å². The average molecular weight is 260 g/mol. The molecule has 0 aliphatic rings. The first-order valence-electron chi connectivity index (χ1n) is 6.08. The van der Waals surface area contributed by atoms with Crippen molar-refractivity contribution in [3.63, 3.8) is 0 Å². The first kappa shape index (κ1) is 13.1. The molecule has 0 heterocycles. The highest BCUT2D eigenvalue weighted by Crippen LogP contribution is 2.29. The molecule has 0 saturated carbocycles. The van der Waals surface area contributed by atoms with Gasteiger partial charge in [-0.05, 0) is 49.1 Å². The van der Waals surface area contributed by atoms with E-state index in [4.69, 9.17) is 17.3 Å². The Kier molecular flexibility index (Phi) is 3.74. The monoisotopic (exact) mass is 259 g/mol. The molecule has 0 saturated heterocycles. The lowest BCUT2D eigenvalue weighted by Crippen LogP contribution is -2.12. The van der Waals surface area contributed by atoms with E-state index >= 15 is 0 Å². The van der Waals surface area contributed by atoms with Crippen molar-refractivity contribution in [2.75, 3.05) is 0 Å². The molecule has 0 aromatic heterocycles. The van der Waals surface area contributed by atoms with Crippen molar-refractivity contribution in [1.82, 2.24) is 0 Å². The first-order valence-corrected chi connectivity index (χ1v) is 6.45. The second-order valence-corrected chi connectivity index (χ2v) is 5.25. The number of hydrogen-bond donors (Lipinski definition) is 1. The van der Waals surface area contributed by atoms with Crippen molar-refractivity contribution in [3.8, 4) is 0 Å². The molecular formula is C16H18ClN. The van der Waals surface area contributed by atoms with Gasteiger partial charge in [0, 0.05) is 5.02 Å². The lowest BCUT2D eigenvalue weighted by Gasteiger charge is -2.16. The van der Waals surface area contributed by atoms with Crippen molar-refractivity contribution in [1.29, 1.82) is 0 Å². The van der Waals surface area contributed by atoms with Crippen molar-refractivity contribution in [2.45, 2.75) is 26.8 Å². The fourth-order valence-electron chi connectivity index (χ4n) is 1.99. The molecule has 94 valence electrons. The second-order valence-electron chi connectivity index (χ2n) is 4.85. The molecule has 0 amide bonds. The molecule has 2 heteroatoms. The molecule has 1 unspecified atom stereocenters. The van der Waals surface area contributed by atoms with Crippen molar-refractivity contribution < 1.29 is 0 Å². The maximum atomic E-state index is 6.30. The summed E-state index contributed by atoms with van der Waals surface area (Å²) in [6.45, 7) is 6.21. The van der Waals surface area contributed by atoms with E-state index in [9.17, 15) is 0 Å². The number of hydrogen-bond acceptors (Lipinski definition) is 1. The van der Waals surface area contributed by atoms with Crippen LogP contribution >= 0.6 is 11.6 Å². The summed E-state index contributed by atoms with van der Waals surface area (Å²) < 4.78 is 0. The molecule has 1 nitrogen and oxygen atoms in total. The van der Waals surface area contributed by atoms with Gasteiger partial charge in [-0.1, -0.05) is 47.5 Å². The Morgan fingerprint density at radius 2 is 1.50 bits per heavy atom. The van der Waals surface area contributed by atoms with Crippen LogP contribution < -0.4 is 5.73 Å². The molecule has 2 N–H and O–H groups in total. The molecule has 0 radical (unpaired) electrons. The highest BCUT2D eigenvalue weighted by atomic mass is 35.5. The summed E-state index contributed by atoms with van der Waals surface area (Å²) in [5.74, 6) is 0. The molecule has 0 fully saturated rings. The minimum atomic E-state index is -0.169. The van der Waals surface area contributed by atoms with Crippen LogP contribution in [-0.2, 0) is 0 Å². The van der Waals surface area contributed by atoms with Crippen molar-refractivity contribution in [3.05, 3.63) is 69.2 Å². The first-order chi connectivity index (χ1) is 8.49. The Morgan fingerprint density at radius 3 is 2.11 bits per heavy atom. The number of halogens is 1. The van der Waals surface area contributed by atoms with Gasteiger partial charge in [0.1, 0.15) is 0 Å². The predicted octanol–water partition coefficient (Wildman–Crippen LogP) is 4.31. The summed E-state index contributed by atoms with van der Waals surface area (Å²) in [5.41, 5.74) is 12.0. The lowest BCUT2D eigenvalue weighted by atomic mass is 9.96. The SMILES string of the molecule is Cc1ccc(C(N)c2cc(C)c(C)cc2Cl)cc1. The summed E-state index contributed by atoms with van der Waals surface area (Å²) in [7, 11) is 0. The van der Waals surface area contributed by atoms with Crippen LogP contribution in [0.25, 0.3) is 0 Å². The van der Waals surface area contributed by atoms with Crippen LogP contribution in [0.1, 0.15) is 33.9 Å². The third-order valence-corrected chi connectivity index (χ3v) is 3.71. The summed E-state index contributed by atoms with van der Waals surface area (Å²) in [6, 6.07) is 12.2. The van der Waals surface area contributed by atoms with Gasteiger partial charge in [-0.2, -0.15) is 0 Å². The largest absolute Gasteiger partial charge is 0.320 e. The summed E-state index contributed by atoms with van der Waals surface area (Å²) >= 11 is 6.30. The third-order valence-electron chi connectivity index (χ3n) is 3.38. The predicted molar refractivity (Wildman–Crippen MR) is 78.1 cm³/mol. The van der Waals surface area contributed by atoms with E-state index in [1.54, 1.807) is 0 Å². The zero-order chi connectivity index (χ0) is 13.3. The van der Waals surface area contributed by atoms with Crippen LogP contribution in [0.3, 0.4) is 0 Å². The van der Waals surface area contributed by atoms with Crippen LogP contribution in [0, 0.1) is 20.8 Å². The molecular weight excluding hydrogens is 242 g/mol. The Morgan fingerprint density at radius 1 is 0.944 bits per heavy atom. The van der Waals surface area contributed by atoms with Crippen molar-refractivity contribution in [2.24, 2.45) is 5.73 Å². The van der Waals surface area contributed by atoms with Crippen LogP contribution in [0.5, 0.6) is 0 Å². The van der Waals surface area contributed by atoms with Gasteiger partial charge in [-0.15, -0.1) is 0 Å². The maximum absolute atomic E-state index is 6.30. The normalized spacial score (nSPS) is 12.5. The molecule has 18 heavy (non-hydrogen) atoms. The van der Waals surface area contributed by atoms with Gasteiger partial charge >= 0.3 is 0 Å². The van der Waals surface area contributed by atoms with E-state index in [0.717, 1.165) is 16.1 Å². The smallest absolute Gasteiger partial charge is 0.0566 e. The highest BCUT2D eigenvalue weighted by Gasteiger charge is 2.13. The standard InChI is InChI=1S/C16H18ClN/c1-10-4-6-13(7-5-10)16(18)14-8-11(2)12(3)9-15(14)17/h4-9,16H,18H2,1-3H3. The van der Waals surface area contributed by atoms with Gasteiger partial charge in [0.25, 0.3) is 0 Å². The summed E-state index contributed by atoms with van der Waals surface area (Å²) in [4.78, 5) is 0. The molecule has 0 aliphatic carbocycles. The summed E-state index contributed by atoms with van der Waals surface area (Å²) in [6.07, 6.45) is 0. The number of nitrogens with two attached hydrogens (primary N) is 1. The fraction of sp³-hybridized carbons (Fsp3) is 0.250. The Labute approximate surface area is 114 Å². The molecule has 2 aromatic carbocycles. The van der Waals surface area contributed by atoms with Gasteiger partial charge in [0.15, 0.2) is 0 Å². The zero-order valence-electron chi connectivity index (χ0n) is 11.0. The molecule has 0 aliphatic heterocycles. The lowest BCUT2D eigenvalue weighted by molar-refractivity contribution is 0.868. The Balaban J connectivity index is 2.42. The second kappa shape index (κ2) is 5.13.